The normalized spacial score (nSPS) is 45.5. The maximum atomic E-state index is 13.6. The Morgan fingerprint density at radius 1 is 0.553 bits per heavy atom. The van der Waals surface area contributed by atoms with E-state index in [-0.39, 0.29) is 131 Å². The summed E-state index contributed by atoms with van der Waals surface area (Å²) in [7, 11) is -13.5. The summed E-state index contributed by atoms with van der Waals surface area (Å²) in [6, 6.07) is 2.49. The van der Waals surface area contributed by atoms with Gasteiger partial charge in [-0.25, -0.2) is 9.05 Å². The van der Waals surface area contributed by atoms with E-state index in [1.807, 2.05) is 6.66 Å². The monoisotopic (exact) mass is 1570 g/mol. The van der Waals surface area contributed by atoms with Crippen LogP contribution in [0.1, 0.15) is 260 Å². The van der Waals surface area contributed by atoms with Crippen LogP contribution < -0.4 is 0 Å². The van der Waals surface area contributed by atoms with Crippen LogP contribution in [0.4, 0.5) is 0 Å². The van der Waals surface area contributed by atoms with Crippen molar-refractivity contribution in [3.8, 4) is 0 Å². The van der Waals surface area contributed by atoms with Gasteiger partial charge in [-0.2, -0.15) is 0 Å². The second kappa shape index (κ2) is 32.9. The van der Waals surface area contributed by atoms with E-state index in [1.165, 1.54) is 0 Å². The molecule has 0 aromatic rings. The molecule has 2 heterocycles. The van der Waals surface area contributed by atoms with Crippen LogP contribution in [0.3, 0.4) is 0 Å². The zero-order valence-electron chi connectivity index (χ0n) is 69.8. The van der Waals surface area contributed by atoms with Gasteiger partial charge in [0.25, 0.3) is 0 Å². The first kappa shape index (κ1) is 95.5. The molecule has 6 saturated carbocycles. The summed E-state index contributed by atoms with van der Waals surface area (Å²) >= 11 is 0. The van der Waals surface area contributed by atoms with Crippen LogP contribution in [0, 0.1) is 107 Å². The lowest BCUT2D eigenvalue weighted by molar-refractivity contribution is -0.0364. The maximum Gasteiger partial charge on any atom is 0.191 e. The molecule has 2 N–H and O–H groups in total. The van der Waals surface area contributed by atoms with E-state index in [0.29, 0.717) is 73.6 Å². The predicted octanol–water partition coefficient (Wildman–Crippen LogP) is 17.7. The lowest BCUT2D eigenvalue weighted by atomic mass is 9.69. The first-order valence-electron chi connectivity index (χ1n) is 37.9. The fraction of sp³-hybridized carbons (Fsp3) is 0.987. The first-order chi connectivity index (χ1) is 45.9. The molecule has 610 valence electrons. The summed E-state index contributed by atoms with van der Waals surface area (Å²) in [5.41, 5.74) is -1.33. The summed E-state index contributed by atoms with van der Waals surface area (Å²) in [6.07, 6.45) is 5.63. The number of hydrogen-bond donors (Lipinski definition) is 2. The fourth-order valence-corrected chi connectivity index (χ4v) is 29.6. The van der Waals surface area contributed by atoms with Crippen molar-refractivity contribution in [2.45, 2.75) is 321 Å². The smallest absolute Gasteiger partial charge is 0.191 e. The van der Waals surface area contributed by atoms with Crippen LogP contribution in [0.2, 0.25) is 0 Å². The Bertz CT molecular complexity index is 2890. The maximum absolute atomic E-state index is 13.6. The molecule has 0 aromatic heterocycles. The molecule has 2 saturated heterocycles. The van der Waals surface area contributed by atoms with E-state index < -0.39 is 59.1 Å². The molecule has 6 aliphatic carbocycles. The topological polar surface area (TPSA) is 173 Å². The molecule has 8 aliphatic rings. The van der Waals surface area contributed by atoms with Crippen LogP contribution in [0.5, 0.6) is 0 Å². The number of nitrogens with zero attached hydrogens (tertiary/aromatic N) is 2. The number of aliphatic hydroxyl groups excluding tert-OH is 2. The Hall–Kier alpha value is 1.88. The minimum atomic E-state index is -3.05. The van der Waals surface area contributed by atoms with E-state index in [2.05, 4.69) is 258 Å². The molecule has 0 spiro atoms. The van der Waals surface area contributed by atoms with Crippen LogP contribution in [0.15, 0.2) is 0 Å². The van der Waals surface area contributed by atoms with Gasteiger partial charge in [0.1, 0.15) is 41.0 Å². The molecule has 103 heavy (non-hydrogen) atoms. The van der Waals surface area contributed by atoms with Crippen molar-refractivity contribution in [3.05, 3.63) is 6.66 Å². The van der Waals surface area contributed by atoms with Gasteiger partial charge in [0.05, 0.1) is 102 Å². The standard InChI is InChI=1S/C22H48B2O4P2.C22H43O4P.C20H42B2O6P2.C13H31N2P/c1-15-11-22(8)14-26-30(10,24)28-18-19(3,4)16(2)12-21(18,7)13-25-29(9,23)27-17(15)20(22,5)6;1-15-11-22(8,13-23)20(5,6)17(15)26-27(9,10)25-14-21(7)12-16(2)19(3,4)18(21)24;1-13-9-20(8)12-26-30(22,24)28-16-17(3,4)14(2)10-19(16,7)11-25-29(21,23)27-15(13)18(20,5)6;1-10(2)14(11(3)4)16(9)15(12(5)6)13(7)8/h15-18H,11-14H2,1-10,23-24H3;15-18,23-24H,9,11-14H2,1-8,10H3;13-16H,9-12H2,1-8,21-22H3;10-13H,1-9H3/q;;-2;/t15-,16-,17+,18+,21-,22-,29?,30?;15-,16-,17-,18?,21-,22-,27?;13-,14-,15+,16+,19-,20-,29?,30?;/m111./s1. The van der Waals surface area contributed by atoms with E-state index in [9.17, 15) is 19.3 Å². The molecule has 26 heteroatoms. The third-order valence-corrected chi connectivity index (χ3v) is 36.0. The number of aliphatic hydroxyl groups is 2. The molecule has 8 rings (SSSR count). The Morgan fingerprint density at radius 3 is 1.40 bits per heavy atom. The predicted molar refractivity (Wildman–Crippen MR) is 457 cm³/mol. The van der Waals surface area contributed by atoms with Crippen molar-refractivity contribution in [1.82, 2.24) is 9.34 Å². The van der Waals surface area contributed by atoms with Crippen molar-refractivity contribution in [2.24, 2.45) is 100 Å². The summed E-state index contributed by atoms with van der Waals surface area (Å²) in [5, 5.41) is 20.9. The SMILES string of the molecule is CC(C)N(C(C)C)P(C)N(C(C)C)C(C)C.[BH3-]P1(=O)OC[C@@]2(C)C[C@@H](C)C(C)(C)[C@@H]2OP([BH3-])(=O)OC[C@@]2(C)C[C@@H](C)[C@H](O1)C2(C)C.[BH3-][P+]1(C)OC[C@@]2(C)C[C@@H](C)C(C)(C)[C@@H]2O[P+]([BH3-])(C)OC[C@@]2(C)C[C@@H](C)[C@H](O1)C2(C)C.[CH2-][P+](C)(OC[C@@]1(C)C[C@@H](C)C(C)(C)C1O)O[C@@H]1[C@H](C)C[C@](C)(CO)C1(C)C. The zero-order chi connectivity index (χ0) is 80.0. The highest BCUT2D eigenvalue weighted by Crippen LogP contribution is 2.72. The molecule has 2 aliphatic heterocycles. The van der Waals surface area contributed by atoms with Gasteiger partial charge in [0.15, 0.2) is 15.1 Å². The van der Waals surface area contributed by atoms with Crippen LogP contribution in [-0.4, -0.2) is 177 Å². The van der Waals surface area contributed by atoms with E-state index in [1.54, 1.807) is 0 Å². The highest BCUT2D eigenvalue weighted by Gasteiger charge is 2.65. The highest BCUT2D eigenvalue weighted by molar-refractivity contribution is 7.89. The van der Waals surface area contributed by atoms with Crippen LogP contribution >= 0.6 is 46.1 Å². The lowest BCUT2D eigenvalue weighted by Gasteiger charge is -2.45. The molecule has 0 radical (unpaired) electrons. The molecule has 8 fully saturated rings. The highest BCUT2D eigenvalue weighted by atomic mass is 31.2. The van der Waals surface area contributed by atoms with Gasteiger partial charge in [-0.05, 0) is 169 Å². The van der Waals surface area contributed by atoms with Crippen molar-refractivity contribution >= 4 is 76.3 Å². The number of hydrogen-bond acceptors (Lipinski definition) is 16. The average molecular weight is 1570 g/mol. The van der Waals surface area contributed by atoms with Gasteiger partial charge in [-0.3, -0.25) is 27.4 Å². The van der Waals surface area contributed by atoms with E-state index in [4.69, 9.17) is 45.2 Å². The average Bonchev–Trinajstić information content (AvgIpc) is 1.60. The largest absolute Gasteiger partial charge is 0.396 e. The minimum Gasteiger partial charge on any atom is -0.396 e. The summed E-state index contributed by atoms with van der Waals surface area (Å²) < 4.78 is 98.1. The lowest BCUT2D eigenvalue weighted by Crippen LogP contribution is -2.42. The van der Waals surface area contributed by atoms with Gasteiger partial charge >= 0.3 is 0 Å². The molecule has 4 bridgehead atoms. The molecule has 0 aromatic carbocycles. The molecule has 16 nitrogen and oxygen atoms in total. The second-order valence-electron chi connectivity index (χ2n) is 39.6. The van der Waals surface area contributed by atoms with Gasteiger partial charge in [-0.1, -0.05) is 166 Å². The minimum absolute atomic E-state index is 0.00200. The summed E-state index contributed by atoms with van der Waals surface area (Å²) in [5.74, 6) is 2.56. The summed E-state index contributed by atoms with van der Waals surface area (Å²) in [4.78, 5) is 0. The van der Waals surface area contributed by atoms with Crippen molar-refractivity contribution in [3.63, 3.8) is 0 Å². The quantitative estimate of drug-likeness (QED) is 0.107. The van der Waals surface area contributed by atoms with Crippen molar-refractivity contribution in [2.75, 3.05) is 66.3 Å². The Morgan fingerprint density at radius 2 is 0.951 bits per heavy atom. The molecule has 0 amide bonds. The Labute approximate surface area is 640 Å². The number of fused-ring (bicyclic) bond motifs is 6. The molecule has 23 atom stereocenters. The third kappa shape index (κ3) is 20.4. The molecular weight excluding hydrogens is 1410 g/mol. The third-order valence-electron chi connectivity index (χ3n) is 28.0. The summed E-state index contributed by atoms with van der Waals surface area (Å²) in [6.45, 7) is 88.6. The van der Waals surface area contributed by atoms with Gasteiger partial charge in [0.2, 0.25) is 0 Å². The number of rotatable bonds is 12. The fourth-order valence-electron chi connectivity index (χ4n) is 20.2. The second-order valence-corrected chi connectivity index (χ2v) is 48.5. The van der Waals surface area contributed by atoms with Crippen molar-refractivity contribution < 1.29 is 64.6 Å². The first-order valence-corrected chi connectivity index (χ1v) is 47.3. The molecule has 6 unspecified atom stereocenters. The van der Waals surface area contributed by atoms with Gasteiger partial charge in [-0.15, -0.1) is 6.66 Å². The van der Waals surface area contributed by atoms with E-state index in [0.717, 1.165) is 51.7 Å². The molecular formula is C77H164B4N2O14P6-2. The Balaban J connectivity index is 0.000000253. The van der Waals surface area contributed by atoms with Crippen molar-refractivity contribution in [1.29, 1.82) is 0 Å². The zero-order valence-corrected chi connectivity index (χ0v) is 75.2. The van der Waals surface area contributed by atoms with Crippen LogP contribution in [-0.2, 0) is 54.4 Å². The van der Waals surface area contributed by atoms with Gasteiger partial charge in [0, 0.05) is 71.5 Å². The Kier molecular flexibility index (Phi) is 30.5. The van der Waals surface area contributed by atoms with E-state index >= 15 is 0 Å². The van der Waals surface area contributed by atoms with Gasteiger partial charge < -0.3 is 37.4 Å². The van der Waals surface area contributed by atoms with Crippen LogP contribution in [0.25, 0.3) is 0 Å².